The molecule has 4 rings (SSSR count). The molecular formula is C20H26N4O. The maximum atomic E-state index is 5.52. The zero-order valence-electron chi connectivity index (χ0n) is 15.3. The first-order valence-corrected chi connectivity index (χ1v) is 9.15. The van der Waals surface area contributed by atoms with Gasteiger partial charge in [-0.15, -0.1) is 0 Å². The topological polar surface area (TPSA) is 41.5 Å². The molecule has 1 aliphatic carbocycles. The van der Waals surface area contributed by atoms with Crippen LogP contribution in [-0.2, 0) is 0 Å². The summed E-state index contributed by atoms with van der Waals surface area (Å²) in [6, 6.07) is 8.26. The number of methoxy groups -OCH3 is 1. The van der Waals surface area contributed by atoms with Gasteiger partial charge in [0, 0.05) is 43.4 Å². The highest BCUT2D eigenvalue weighted by molar-refractivity contribution is 5.60. The number of ether oxygens (including phenoxy) is 1. The minimum absolute atomic E-state index is 0.591. The molecule has 1 aliphatic heterocycles. The summed E-state index contributed by atoms with van der Waals surface area (Å²) in [5.41, 5.74) is 3.52. The SMILES string of the molecule is COc1ccccc1N1CCN(c2nc(C3CC3)nc(C)c2C)CC1. The van der Waals surface area contributed by atoms with Crippen molar-refractivity contribution in [3.8, 4) is 5.75 Å². The minimum atomic E-state index is 0.591. The van der Waals surface area contributed by atoms with Crippen LogP contribution in [0, 0.1) is 13.8 Å². The van der Waals surface area contributed by atoms with Gasteiger partial charge in [-0.1, -0.05) is 12.1 Å². The number of aromatic nitrogens is 2. The highest BCUT2D eigenvalue weighted by atomic mass is 16.5. The van der Waals surface area contributed by atoms with Gasteiger partial charge in [0.2, 0.25) is 0 Å². The number of piperazine rings is 1. The minimum Gasteiger partial charge on any atom is -0.495 e. The second-order valence-corrected chi connectivity index (χ2v) is 7.04. The maximum absolute atomic E-state index is 5.52. The molecule has 5 nitrogen and oxygen atoms in total. The number of hydrogen-bond acceptors (Lipinski definition) is 5. The van der Waals surface area contributed by atoms with E-state index in [0.717, 1.165) is 49.3 Å². The van der Waals surface area contributed by atoms with Crippen LogP contribution < -0.4 is 14.5 Å². The highest BCUT2D eigenvalue weighted by Gasteiger charge is 2.29. The molecule has 1 aromatic heterocycles. The van der Waals surface area contributed by atoms with Gasteiger partial charge in [-0.2, -0.15) is 0 Å². The van der Waals surface area contributed by atoms with Crippen molar-refractivity contribution in [2.45, 2.75) is 32.6 Å². The summed E-state index contributed by atoms with van der Waals surface area (Å²) in [4.78, 5) is 14.5. The lowest BCUT2D eigenvalue weighted by atomic mass is 10.2. The third kappa shape index (κ3) is 3.15. The Kier molecular flexibility index (Phi) is 4.24. The van der Waals surface area contributed by atoms with Crippen molar-refractivity contribution >= 4 is 11.5 Å². The number of hydrogen-bond donors (Lipinski definition) is 0. The summed E-state index contributed by atoms with van der Waals surface area (Å²) in [5.74, 6) is 3.72. The van der Waals surface area contributed by atoms with Crippen LogP contribution in [0.5, 0.6) is 5.75 Å². The fraction of sp³-hybridized carbons (Fsp3) is 0.500. The quantitative estimate of drug-likeness (QED) is 0.855. The van der Waals surface area contributed by atoms with Crippen LogP contribution in [0.4, 0.5) is 11.5 Å². The molecule has 2 heterocycles. The predicted molar refractivity (Wildman–Crippen MR) is 101 cm³/mol. The first-order chi connectivity index (χ1) is 12.2. The molecule has 2 fully saturated rings. The van der Waals surface area contributed by atoms with Crippen molar-refractivity contribution in [2.75, 3.05) is 43.1 Å². The Bertz CT molecular complexity index is 764. The summed E-state index contributed by atoms with van der Waals surface area (Å²) in [6.07, 6.45) is 2.48. The number of benzene rings is 1. The van der Waals surface area contributed by atoms with Crippen molar-refractivity contribution in [3.63, 3.8) is 0 Å². The van der Waals surface area contributed by atoms with Crippen LogP contribution in [0.25, 0.3) is 0 Å². The summed E-state index contributed by atoms with van der Waals surface area (Å²) in [7, 11) is 1.74. The number of aryl methyl sites for hydroxylation is 1. The zero-order valence-corrected chi connectivity index (χ0v) is 15.3. The first kappa shape index (κ1) is 16.2. The average molecular weight is 338 g/mol. The molecule has 5 heteroatoms. The maximum Gasteiger partial charge on any atom is 0.142 e. The summed E-state index contributed by atoms with van der Waals surface area (Å²) in [6.45, 7) is 8.15. The molecule has 1 aromatic carbocycles. The second kappa shape index (κ2) is 6.54. The molecular weight excluding hydrogens is 312 g/mol. The number of anilines is 2. The molecule has 2 aliphatic rings. The van der Waals surface area contributed by atoms with Crippen molar-refractivity contribution < 1.29 is 4.74 Å². The Labute approximate surface area is 149 Å². The fourth-order valence-corrected chi connectivity index (χ4v) is 3.52. The first-order valence-electron chi connectivity index (χ1n) is 9.15. The second-order valence-electron chi connectivity index (χ2n) is 7.04. The zero-order chi connectivity index (χ0) is 17.4. The van der Waals surface area contributed by atoms with Crippen LogP contribution >= 0.6 is 0 Å². The van der Waals surface area contributed by atoms with Crippen molar-refractivity contribution in [1.29, 1.82) is 0 Å². The molecule has 0 N–H and O–H groups in total. The Balaban J connectivity index is 1.52. The molecule has 1 saturated heterocycles. The number of rotatable bonds is 4. The fourth-order valence-electron chi connectivity index (χ4n) is 3.52. The van der Waals surface area contributed by atoms with Gasteiger partial charge >= 0.3 is 0 Å². The van der Waals surface area contributed by atoms with Crippen molar-refractivity contribution in [2.24, 2.45) is 0 Å². The van der Waals surface area contributed by atoms with E-state index in [4.69, 9.17) is 14.7 Å². The Morgan fingerprint density at radius 1 is 0.960 bits per heavy atom. The molecule has 0 amide bonds. The van der Waals surface area contributed by atoms with E-state index in [2.05, 4.69) is 35.8 Å². The molecule has 132 valence electrons. The standard InChI is InChI=1S/C20H26N4O/c1-14-15(2)21-19(16-8-9-16)22-20(14)24-12-10-23(11-13-24)17-6-4-5-7-18(17)25-3/h4-7,16H,8-13H2,1-3H3. The van der Waals surface area contributed by atoms with E-state index in [9.17, 15) is 0 Å². The van der Waals surface area contributed by atoms with E-state index < -0.39 is 0 Å². The van der Waals surface area contributed by atoms with Gasteiger partial charge in [-0.05, 0) is 38.8 Å². The van der Waals surface area contributed by atoms with Crippen LogP contribution in [0.15, 0.2) is 24.3 Å². The monoisotopic (exact) mass is 338 g/mol. The van der Waals surface area contributed by atoms with E-state index in [0.29, 0.717) is 5.92 Å². The highest BCUT2D eigenvalue weighted by Crippen LogP contribution is 2.39. The van der Waals surface area contributed by atoms with E-state index in [1.807, 2.05) is 12.1 Å². The van der Waals surface area contributed by atoms with Gasteiger partial charge in [-0.25, -0.2) is 9.97 Å². The van der Waals surface area contributed by atoms with E-state index in [1.54, 1.807) is 7.11 Å². The van der Waals surface area contributed by atoms with E-state index in [1.165, 1.54) is 24.1 Å². The Morgan fingerprint density at radius 2 is 1.64 bits per heavy atom. The van der Waals surface area contributed by atoms with Crippen LogP contribution in [-0.4, -0.2) is 43.3 Å². The van der Waals surface area contributed by atoms with Gasteiger partial charge in [-0.3, -0.25) is 0 Å². The van der Waals surface area contributed by atoms with Crippen LogP contribution in [0.2, 0.25) is 0 Å². The Morgan fingerprint density at radius 3 is 2.32 bits per heavy atom. The van der Waals surface area contributed by atoms with Gasteiger partial charge in [0.05, 0.1) is 12.8 Å². The number of para-hydroxylation sites is 2. The lowest BCUT2D eigenvalue weighted by molar-refractivity contribution is 0.413. The third-order valence-corrected chi connectivity index (χ3v) is 5.33. The largest absolute Gasteiger partial charge is 0.495 e. The Hall–Kier alpha value is -2.30. The molecule has 0 unspecified atom stereocenters. The van der Waals surface area contributed by atoms with E-state index >= 15 is 0 Å². The molecule has 2 aromatic rings. The van der Waals surface area contributed by atoms with Gasteiger partial charge in [0.1, 0.15) is 17.4 Å². The molecule has 0 bridgehead atoms. The summed E-state index contributed by atoms with van der Waals surface area (Å²) >= 11 is 0. The lowest BCUT2D eigenvalue weighted by Gasteiger charge is -2.38. The number of nitrogens with zero attached hydrogens (tertiary/aromatic N) is 4. The van der Waals surface area contributed by atoms with Crippen LogP contribution in [0.1, 0.15) is 35.8 Å². The summed E-state index contributed by atoms with van der Waals surface area (Å²) in [5, 5.41) is 0. The molecule has 1 saturated carbocycles. The smallest absolute Gasteiger partial charge is 0.142 e. The molecule has 0 spiro atoms. The molecule has 0 radical (unpaired) electrons. The lowest BCUT2D eigenvalue weighted by Crippen LogP contribution is -2.47. The van der Waals surface area contributed by atoms with Gasteiger partial charge in [0.25, 0.3) is 0 Å². The predicted octanol–water partition coefficient (Wildman–Crippen LogP) is 3.31. The van der Waals surface area contributed by atoms with Gasteiger partial charge < -0.3 is 14.5 Å². The average Bonchev–Trinajstić information content (AvgIpc) is 3.49. The summed E-state index contributed by atoms with van der Waals surface area (Å²) < 4.78 is 5.52. The molecule has 25 heavy (non-hydrogen) atoms. The van der Waals surface area contributed by atoms with Crippen LogP contribution in [0.3, 0.4) is 0 Å². The third-order valence-electron chi connectivity index (χ3n) is 5.33. The normalized spacial score (nSPS) is 17.7. The van der Waals surface area contributed by atoms with Gasteiger partial charge in [0.15, 0.2) is 0 Å². The van der Waals surface area contributed by atoms with Crippen molar-refractivity contribution in [1.82, 2.24) is 9.97 Å². The van der Waals surface area contributed by atoms with Crippen molar-refractivity contribution in [3.05, 3.63) is 41.3 Å². The molecule has 0 atom stereocenters. The van der Waals surface area contributed by atoms with E-state index in [-0.39, 0.29) is 0 Å².